The summed E-state index contributed by atoms with van der Waals surface area (Å²) >= 11 is 0. The van der Waals surface area contributed by atoms with Crippen molar-refractivity contribution in [3.8, 4) is 17.8 Å². The van der Waals surface area contributed by atoms with E-state index in [4.69, 9.17) is 16.3 Å². The first-order valence-electron chi connectivity index (χ1n) is 4.91. The molecule has 17 heavy (non-hydrogen) atoms. The van der Waals surface area contributed by atoms with Crippen molar-refractivity contribution < 1.29 is 0 Å². The van der Waals surface area contributed by atoms with E-state index in [1.54, 1.807) is 6.07 Å². The van der Waals surface area contributed by atoms with Crippen LogP contribution in [0.25, 0.3) is 5.69 Å². The molecule has 0 amide bonds. The van der Waals surface area contributed by atoms with Gasteiger partial charge in [-0.2, -0.15) is 10.5 Å². The van der Waals surface area contributed by atoms with Crippen LogP contribution in [0.15, 0.2) is 24.5 Å². The Morgan fingerprint density at radius 3 is 2.71 bits per heavy atom. The molecule has 0 spiro atoms. The second-order valence-corrected chi connectivity index (χ2v) is 3.60. The van der Waals surface area contributed by atoms with Crippen LogP contribution in [0.2, 0.25) is 0 Å². The topological polar surface area (TPSA) is 91.4 Å². The van der Waals surface area contributed by atoms with Crippen molar-refractivity contribution in [1.82, 2.24) is 9.55 Å². The SMILES string of the molecule is Cc1ccc(N)c(-n2cnc(C#N)c2C#N)c1. The first kappa shape index (κ1) is 10.7. The predicted octanol–water partition coefficient (Wildman–Crippen LogP) is 1.51. The fraction of sp³-hybridized carbons (Fsp3) is 0.0833. The van der Waals surface area contributed by atoms with Crippen LogP contribution in [0, 0.1) is 29.6 Å². The second kappa shape index (κ2) is 3.99. The zero-order valence-corrected chi connectivity index (χ0v) is 9.18. The molecule has 5 nitrogen and oxygen atoms in total. The lowest BCUT2D eigenvalue weighted by atomic mass is 10.2. The minimum absolute atomic E-state index is 0.105. The van der Waals surface area contributed by atoms with E-state index in [9.17, 15) is 0 Å². The second-order valence-electron chi connectivity index (χ2n) is 3.60. The lowest BCUT2D eigenvalue weighted by Crippen LogP contribution is -2.01. The molecule has 0 fully saturated rings. The summed E-state index contributed by atoms with van der Waals surface area (Å²) in [5.41, 5.74) is 8.38. The number of imidazole rings is 1. The Hall–Kier alpha value is -2.79. The molecule has 0 saturated carbocycles. The Morgan fingerprint density at radius 1 is 1.29 bits per heavy atom. The van der Waals surface area contributed by atoms with Crippen molar-refractivity contribution in [1.29, 1.82) is 10.5 Å². The molecule has 2 rings (SSSR count). The van der Waals surface area contributed by atoms with Crippen LogP contribution in [0.5, 0.6) is 0 Å². The van der Waals surface area contributed by atoms with Crippen molar-refractivity contribution >= 4 is 5.69 Å². The van der Waals surface area contributed by atoms with Crippen LogP contribution >= 0.6 is 0 Å². The summed E-state index contributed by atoms with van der Waals surface area (Å²) in [5, 5.41) is 17.9. The van der Waals surface area contributed by atoms with Gasteiger partial charge in [0.15, 0.2) is 11.4 Å². The van der Waals surface area contributed by atoms with Crippen LogP contribution in [-0.2, 0) is 0 Å². The maximum absolute atomic E-state index is 9.04. The summed E-state index contributed by atoms with van der Waals surface area (Å²) in [6.45, 7) is 1.93. The Morgan fingerprint density at radius 2 is 2.06 bits per heavy atom. The Balaban J connectivity index is 2.70. The third-order valence-electron chi connectivity index (χ3n) is 2.42. The molecule has 2 N–H and O–H groups in total. The van der Waals surface area contributed by atoms with Crippen LogP contribution < -0.4 is 5.73 Å². The quantitative estimate of drug-likeness (QED) is 0.741. The van der Waals surface area contributed by atoms with Gasteiger partial charge in [0.2, 0.25) is 0 Å². The molecule has 0 aliphatic carbocycles. The Kier molecular flexibility index (Phi) is 2.52. The number of nitriles is 2. The van der Waals surface area contributed by atoms with E-state index in [1.807, 2.05) is 31.2 Å². The van der Waals surface area contributed by atoms with Crippen LogP contribution in [0.1, 0.15) is 17.0 Å². The van der Waals surface area contributed by atoms with Gasteiger partial charge in [0, 0.05) is 0 Å². The number of anilines is 1. The standard InChI is InChI=1S/C12H9N5/c1-8-2-3-9(15)11(4-8)17-7-16-10(5-13)12(17)6-14/h2-4,7H,15H2,1H3. The average molecular weight is 223 g/mol. The summed E-state index contributed by atoms with van der Waals surface area (Å²) in [7, 11) is 0. The van der Waals surface area contributed by atoms with E-state index in [1.165, 1.54) is 10.9 Å². The minimum Gasteiger partial charge on any atom is -0.397 e. The number of hydrogen-bond acceptors (Lipinski definition) is 4. The van der Waals surface area contributed by atoms with Gasteiger partial charge in [-0.25, -0.2) is 4.98 Å². The van der Waals surface area contributed by atoms with Crippen LogP contribution in [0.3, 0.4) is 0 Å². The number of hydrogen-bond donors (Lipinski definition) is 1. The molecule has 1 heterocycles. The number of nitrogen functional groups attached to an aromatic ring is 1. The maximum Gasteiger partial charge on any atom is 0.177 e. The number of rotatable bonds is 1. The lowest BCUT2D eigenvalue weighted by Gasteiger charge is -2.08. The van der Waals surface area contributed by atoms with E-state index in [0.29, 0.717) is 11.4 Å². The number of aromatic nitrogens is 2. The molecule has 5 heteroatoms. The van der Waals surface area contributed by atoms with Crippen LogP contribution in [0.4, 0.5) is 5.69 Å². The molecule has 0 saturated heterocycles. The van der Waals surface area contributed by atoms with Gasteiger partial charge >= 0.3 is 0 Å². The van der Waals surface area contributed by atoms with Gasteiger partial charge in [0.1, 0.15) is 18.5 Å². The first-order valence-corrected chi connectivity index (χ1v) is 4.91. The van der Waals surface area contributed by atoms with E-state index >= 15 is 0 Å². The van der Waals surface area contributed by atoms with Crippen molar-refractivity contribution in [3.05, 3.63) is 41.5 Å². The van der Waals surface area contributed by atoms with Crippen molar-refractivity contribution in [3.63, 3.8) is 0 Å². The lowest BCUT2D eigenvalue weighted by molar-refractivity contribution is 1.03. The molecule has 82 valence electrons. The van der Waals surface area contributed by atoms with Crippen molar-refractivity contribution in [2.75, 3.05) is 5.73 Å². The first-order chi connectivity index (χ1) is 8.17. The highest BCUT2D eigenvalue weighted by Crippen LogP contribution is 2.21. The molecule has 0 atom stereocenters. The van der Waals surface area contributed by atoms with Gasteiger partial charge in [-0.3, -0.25) is 4.57 Å². The molecule has 0 unspecified atom stereocenters. The normalized spacial score (nSPS) is 9.59. The highest BCUT2D eigenvalue weighted by atomic mass is 15.1. The molecule has 0 aliphatic heterocycles. The summed E-state index contributed by atoms with van der Waals surface area (Å²) in [6.07, 6.45) is 1.43. The molecule has 0 bridgehead atoms. The number of benzene rings is 1. The summed E-state index contributed by atoms with van der Waals surface area (Å²) < 4.78 is 1.53. The van der Waals surface area contributed by atoms with E-state index in [0.717, 1.165) is 5.56 Å². The van der Waals surface area contributed by atoms with Crippen LogP contribution in [-0.4, -0.2) is 9.55 Å². The van der Waals surface area contributed by atoms with Gasteiger partial charge in [-0.1, -0.05) is 6.07 Å². The van der Waals surface area contributed by atoms with Gasteiger partial charge in [-0.05, 0) is 24.6 Å². The Bertz CT molecular complexity index is 655. The van der Waals surface area contributed by atoms with Gasteiger partial charge < -0.3 is 5.73 Å². The number of aryl methyl sites for hydroxylation is 1. The zero-order valence-electron chi connectivity index (χ0n) is 9.18. The fourth-order valence-electron chi connectivity index (χ4n) is 1.58. The number of nitrogens with two attached hydrogens (primary N) is 1. The third kappa shape index (κ3) is 1.70. The van der Waals surface area contributed by atoms with E-state index in [-0.39, 0.29) is 11.4 Å². The maximum atomic E-state index is 9.04. The summed E-state index contributed by atoms with van der Waals surface area (Å²) in [4.78, 5) is 3.88. The van der Waals surface area contributed by atoms with Gasteiger partial charge in [0.05, 0.1) is 11.4 Å². The largest absolute Gasteiger partial charge is 0.397 e. The molecule has 0 radical (unpaired) electrons. The molecular weight excluding hydrogens is 214 g/mol. The molecule has 2 aromatic rings. The van der Waals surface area contributed by atoms with Crippen molar-refractivity contribution in [2.45, 2.75) is 6.92 Å². The van der Waals surface area contributed by atoms with E-state index < -0.39 is 0 Å². The van der Waals surface area contributed by atoms with Crippen molar-refractivity contribution in [2.24, 2.45) is 0 Å². The molecule has 1 aromatic carbocycles. The zero-order chi connectivity index (χ0) is 12.4. The highest BCUT2D eigenvalue weighted by Gasteiger charge is 2.13. The molecular formula is C12H9N5. The predicted molar refractivity (Wildman–Crippen MR) is 62.1 cm³/mol. The van der Waals surface area contributed by atoms with E-state index in [2.05, 4.69) is 4.98 Å². The fourth-order valence-corrected chi connectivity index (χ4v) is 1.58. The van der Waals surface area contributed by atoms with Gasteiger partial charge in [-0.15, -0.1) is 0 Å². The summed E-state index contributed by atoms with van der Waals surface area (Å²) in [6, 6.07) is 9.33. The highest BCUT2D eigenvalue weighted by molar-refractivity contribution is 5.61. The number of nitrogens with zero attached hydrogens (tertiary/aromatic N) is 4. The Labute approximate surface area is 98.3 Å². The van der Waals surface area contributed by atoms with Gasteiger partial charge in [0.25, 0.3) is 0 Å². The molecule has 0 aliphatic rings. The third-order valence-corrected chi connectivity index (χ3v) is 2.42. The smallest absolute Gasteiger partial charge is 0.177 e. The monoisotopic (exact) mass is 223 g/mol. The minimum atomic E-state index is 0.105. The summed E-state index contributed by atoms with van der Waals surface area (Å²) in [5.74, 6) is 0. The average Bonchev–Trinajstić information content (AvgIpc) is 2.74. The molecule has 1 aromatic heterocycles.